The van der Waals surface area contributed by atoms with Crippen LogP contribution >= 0.6 is 0 Å². The Kier molecular flexibility index (Phi) is 4.66. The van der Waals surface area contributed by atoms with Crippen molar-refractivity contribution >= 4 is 42.0 Å². The lowest BCUT2D eigenvalue weighted by molar-refractivity contribution is 0.103. The van der Waals surface area contributed by atoms with Gasteiger partial charge in [0.1, 0.15) is 15.6 Å². The molecule has 0 aliphatic carbocycles. The molecule has 0 amide bonds. The maximum atomic E-state index is 13.2. The molecule has 166 valence electrons. The van der Waals surface area contributed by atoms with Crippen LogP contribution in [0.15, 0.2) is 86.4 Å². The highest BCUT2D eigenvalue weighted by Crippen LogP contribution is 2.40. The molecule has 2 aliphatic rings. The topological polar surface area (TPSA) is 112 Å². The van der Waals surface area contributed by atoms with Gasteiger partial charge in [-0.2, -0.15) is 0 Å². The van der Waals surface area contributed by atoms with Gasteiger partial charge in [-0.15, -0.1) is 0 Å². The minimum absolute atomic E-state index is 0.0261. The Labute approximate surface area is 189 Å². The fourth-order valence-corrected chi connectivity index (χ4v) is 7.61. The third-order valence-corrected chi connectivity index (χ3v) is 9.51. The van der Waals surface area contributed by atoms with E-state index in [1.54, 1.807) is 30.3 Å². The van der Waals surface area contributed by atoms with Gasteiger partial charge in [0.05, 0.1) is 16.9 Å². The van der Waals surface area contributed by atoms with Gasteiger partial charge in [0.25, 0.3) is 0 Å². The van der Waals surface area contributed by atoms with Gasteiger partial charge >= 0.3 is 0 Å². The van der Waals surface area contributed by atoms with Crippen LogP contribution in [-0.4, -0.2) is 35.5 Å². The van der Waals surface area contributed by atoms with Gasteiger partial charge in [0.2, 0.25) is 31.2 Å². The van der Waals surface area contributed by atoms with Crippen molar-refractivity contribution in [3.8, 4) is 5.75 Å². The summed E-state index contributed by atoms with van der Waals surface area (Å²) in [5, 5.41) is 1.13. The average Bonchev–Trinajstić information content (AvgIpc) is 3.12. The molecule has 0 aromatic heterocycles. The Bertz CT molecular complexity index is 1670. The number of rotatable bonds is 3. The smallest absolute Gasteiger partial charge is 0.211 e. The lowest BCUT2D eigenvalue weighted by atomic mass is 10.0. The van der Waals surface area contributed by atoms with Gasteiger partial charge in [0, 0.05) is 16.5 Å². The summed E-state index contributed by atoms with van der Waals surface area (Å²) in [6.45, 7) is 0. The van der Waals surface area contributed by atoms with E-state index in [0.29, 0.717) is 16.5 Å². The number of Topliss-reactive ketones (excluding diaryl/α,β-unsaturated/α-hetero) is 2. The molecular weight excluding hydrogens is 464 g/mol. The quantitative estimate of drug-likeness (QED) is 0.526. The second-order valence-electron chi connectivity index (χ2n) is 7.56. The van der Waals surface area contributed by atoms with E-state index < -0.39 is 41.1 Å². The summed E-state index contributed by atoms with van der Waals surface area (Å²) in [5.74, 6) is -1.04. The van der Waals surface area contributed by atoms with Crippen LogP contribution in [0.1, 0.15) is 27.1 Å². The van der Waals surface area contributed by atoms with Crippen molar-refractivity contribution in [2.24, 2.45) is 0 Å². The number of sulfone groups is 2. The van der Waals surface area contributed by atoms with E-state index in [1.165, 1.54) is 31.4 Å². The third-order valence-electron chi connectivity index (χ3n) is 5.75. The Morgan fingerprint density at radius 3 is 2.15 bits per heavy atom. The fourth-order valence-electron chi connectivity index (χ4n) is 4.17. The average molecular weight is 481 g/mol. The first-order chi connectivity index (χ1) is 15.7. The minimum atomic E-state index is -4.09. The second kappa shape index (κ2) is 7.23. The molecule has 9 heteroatoms. The highest BCUT2D eigenvalue weighted by molar-refractivity contribution is 7.97. The van der Waals surface area contributed by atoms with Crippen LogP contribution in [0.5, 0.6) is 5.75 Å². The number of carbonyl (C=O) groups excluding carboxylic acids is 2. The molecule has 33 heavy (non-hydrogen) atoms. The second-order valence-corrected chi connectivity index (χ2v) is 11.3. The molecule has 0 saturated carbocycles. The molecule has 3 aromatic carbocycles. The van der Waals surface area contributed by atoms with Gasteiger partial charge in [-0.25, -0.2) is 16.8 Å². The van der Waals surface area contributed by atoms with Crippen molar-refractivity contribution in [3.63, 3.8) is 0 Å². The molecule has 0 unspecified atom stereocenters. The largest absolute Gasteiger partial charge is 0.497 e. The Balaban J connectivity index is 1.55. The van der Waals surface area contributed by atoms with Gasteiger partial charge in [-0.05, 0) is 36.1 Å². The minimum Gasteiger partial charge on any atom is -0.497 e. The predicted molar refractivity (Wildman–Crippen MR) is 121 cm³/mol. The molecule has 0 atom stereocenters. The molecule has 5 rings (SSSR count). The summed E-state index contributed by atoms with van der Waals surface area (Å²) in [6.07, 6.45) is 2.07. The zero-order valence-corrected chi connectivity index (χ0v) is 18.9. The molecule has 0 radical (unpaired) electrons. The number of benzene rings is 3. The van der Waals surface area contributed by atoms with Gasteiger partial charge in [-0.1, -0.05) is 42.5 Å². The first-order valence-corrected chi connectivity index (χ1v) is 12.8. The molecule has 0 fully saturated rings. The number of carbonyl (C=O) groups is 2. The normalized spacial score (nSPS) is 20.4. The van der Waals surface area contributed by atoms with Crippen molar-refractivity contribution < 1.29 is 31.2 Å². The number of ketones is 2. The molecular formula is C24H16O7S2. The molecule has 0 saturated heterocycles. The van der Waals surface area contributed by atoms with E-state index in [9.17, 15) is 26.4 Å². The summed E-state index contributed by atoms with van der Waals surface area (Å²) in [7, 11) is -6.79. The van der Waals surface area contributed by atoms with Crippen LogP contribution < -0.4 is 4.74 Å². The number of allylic oxidation sites excluding steroid dienone is 4. The van der Waals surface area contributed by atoms with Crippen LogP contribution in [0.4, 0.5) is 0 Å². The van der Waals surface area contributed by atoms with Crippen molar-refractivity contribution in [1.29, 1.82) is 0 Å². The number of hydrogen-bond acceptors (Lipinski definition) is 7. The molecule has 0 N–H and O–H groups in total. The van der Waals surface area contributed by atoms with E-state index in [-0.39, 0.29) is 27.3 Å². The van der Waals surface area contributed by atoms with Crippen LogP contribution in [0.25, 0.3) is 10.8 Å². The third kappa shape index (κ3) is 3.00. The molecule has 3 aromatic rings. The summed E-state index contributed by atoms with van der Waals surface area (Å²) in [6, 6.07) is 14.2. The monoisotopic (exact) mass is 480 g/mol. The number of ether oxygens (including phenoxy) is 1. The van der Waals surface area contributed by atoms with E-state index in [4.69, 9.17) is 4.74 Å². The molecule has 2 heterocycles. The van der Waals surface area contributed by atoms with E-state index >= 15 is 0 Å². The van der Waals surface area contributed by atoms with Crippen LogP contribution in [0, 0.1) is 0 Å². The Hall–Kier alpha value is -3.56. The van der Waals surface area contributed by atoms with Crippen molar-refractivity contribution in [2.45, 2.75) is 16.2 Å². The zero-order chi connectivity index (χ0) is 23.5. The maximum Gasteiger partial charge on any atom is 0.211 e. The van der Waals surface area contributed by atoms with Crippen LogP contribution in [0.2, 0.25) is 0 Å². The number of fused-ring (bicyclic) bond motifs is 4. The Morgan fingerprint density at radius 1 is 0.788 bits per heavy atom. The highest BCUT2D eigenvalue weighted by atomic mass is 32.2. The molecule has 7 nitrogen and oxygen atoms in total. The summed E-state index contributed by atoms with van der Waals surface area (Å²) >= 11 is 0. The summed E-state index contributed by atoms with van der Waals surface area (Å²) in [4.78, 5) is 24.4. The molecule has 0 bridgehead atoms. The van der Waals surface area contributed by atoms with Crippen molar-refractivity contribution in [1.82, 2.24) is 0 Å². The van der Waals surface area contributed by atoms with Crippen molar-refractivity contribution in [2.75, 3.05) is 7.11 Å². The predicted octanol–water partition coefficient (Wildman–Crippen LogP) is 3.65. The van der Waals surface area contributed by atoms with Crippen LogP contribution in [-0.2, 0) is 19.7 Å². The standard InChI is InChI=1S/C24H16O7S2/c1-31-15-10-12-17-21(13-15)32(27,28)19(22(17)25)7-4-8-20-23(26)18-11-9-14-5-2-3-6-16(14)24(18)33(20,29)30/h2-3,5-13H,4H2,1H3. The van der Waals surface area contributed by atoms with Crippen molar-refractivity contribution in [3.05, 3.63) is 87.7 Å². The maximum absolute atomic E-state index is 13.2. The SMILES string of the molecule is COc1ccc2c(c1)S(=O)(=O)C(=CCC=C1C(=O)c3ccc4ccccc4c3S1(=O)=O)C2=O. The first kappa shape index (κ1) is 21.3. The van der Waals surface area contributed by atoms with E-state index in [1.807, 2.05) is 0 Å². The van der Waals surface area contributed by atoms with E-state index in [2.05, 4.69) is 0 Å². The van der Waals surface area contributed by atoms with Gasteiger partial charge in [0.15, 0.2) is 0 Å². The molecule has 0 spiro atoms. The van der Waals surface area contributed by atoms with Gasteiger partial charge in [-0.3, -0.25) is 9.59 Å². The first-order valence-electron chi connectivity index (χ1n) is 9.87. The summed E-state index contributed by atoms with van der Waals surface area (Å²) in [5.41, 5.74) is 0.106. The highest BCUT2D eigenvalue weighted by Gasteiger charge is 2.41. The molecule has 2 aliphatic heterocycles. The summed E-state index contributed by atoms with van der Waals surface area (Å²) < 4.78 is 57.1. The van der Waals surface area contributed by atoms with E-state index in [0.717, 1.165) is 12.2 Å². The lowest BCUT2D eigenvalue weighted by Gasteiger charge is -2.03. The fraction of sp³-hybridized carbons (Fsp3) is 0.0833. The lowest BCUT2D eigenvalue weighted by Crippen LogP contribution is -2.04. The number of methoxy groups -OCH3 is 1. The Morgan fingerprint density at radius 2 is 1.42 bits per heavy atom. The zero-order valence-electron chi connectivity index (χ0n) is 17.2. The van der Waals surface area contributed by atoms with Gasteiger partial charge < -0.3 is 4.74 Å². The number of hydrogen-bond donors (Lipinski definition) is 0. The van der Waals surface area contributed by atoms with Crippen LogP contribution in [0.3, 0.4) is 0 Å².